The second-order valence-electron chi connectivity index (χ2n) is 3.60. The van der Waals surface area contributed by atoms with Gasteiger partial charge in [-0.25, -0.2) is 4.98 Å². The highest BCUT2D eigenvalue weighted by atomic mass is 16.3. The van der Waals surface area contributed by atoms with Crippen LogP contribution in [-0.2, 0) is 6.42 Å². The number of hydrogen-bond acceptors (Lipinski definition) is 4. The van der Waals surface area contributed by atoms with E-state index < -0.39 is 0 Å². The van der Waals surface area contributed by atoms with Crippen LogP contribution in [0.15, 0.2) is 47.8 Å². The van der Waals surface area contributed by atoms with Crippen LogP contribution in [0.4, 0.5) is 5.69 Å². The molecule has 2 rings (SSSR count). The van der Waals surface area contributed by atoms with Gasteiger partial charge in [0, 0.05) is 6.20 Å². The van der Waals surface area contributed by atoms with Crippen LogP contribution in [0.25, 0.3) is 0 Å². The van der Waals surface area contributed by atoms with Crippen molar-refractivity contribution in [3.63, 3.8) is 0 Å². The number of nitriles is 1. The third-order valence-corrected chi connectivity index (χ3v) is 2.39. The number of benzene rings is 1. The highest BCUT2D eigenvalue weighted by molar-refractivity contribution is 5.40. The lowest BCUT2D eigenvalue weighted by molar-refractivity contribution is 1.14. The number of pyridine rings is 1. The van der Waals surface area contributed by atoms with Crippen LogP contribution in [0.3, 0.4) is 0 Å². The third kappa shape index (κ3) is 2.73. The van der Waals surface area contributed by atoms with E-state index in [0.717, 1.165) is 11.1 Å². The average molecular weight is 223 g/mol. The van der Waals surface area contributed by atoms with E-state index in [1.807, 2.05) is 24.3 Å². The molecule has 0 radical (unpaired) electrons. The third-order valence-electron chi connectivity index (χ3n) is 2.39. The van der Waals surface area contributed by atoms with Crippen LogP contribution >= 0.6 is 0 Å². The van der Waals surface area contributed by atoms with Crippen molar-refractivity contribution in [2.24, 2.45) is 5.18 Å². The summed E-state index contributed by atoms with van der Waals surface area (Å²) in [6.45, 7) is 0. The molecule has 0 atom stereocenters. The van der Waals surface area contributed by atoms with E-state index in [4.69, 9.17) is 5.26 Å². The molecule has 17 heavy (non-hydrogen) atoms. The van der Waals surface area contributed by atoms with E-state index in [1.165, 1.54) is 0 Å². The van der Waals surface area contributed by atoms with Crippen molar-refractivity contribution in [3.05, 3.63) is 64.3 Å². The Morgan fingerprint density at radius 1 is 1.18 bits per heavy atom. The van der Waals surface area contributed by atoms with Crippen LogP contribution in [0.2, 0.25) is 0 Å². The fourth-order valence-electron chi connectivity index (χ4n) is 1.56. The van der Waals surface area contributed by atoms with Gasteiger partial charge < -0.3 is 0 Å². The first-order chi connectivity index (χ1) is 8.31. The number of rotatable bonds is 3. The van der Waals surface area contributed by atoms with Gasteiger partial charge in [0.05, 0.1) is 0 Å². The highest BCUT2D eigenvalue weighted by Gasteiger charge is 1.99. The molecule has 0 amide bonds. The van der Waals surface area contributed by atoms with Gasteiger partial charge in [-0.2, -0.15) is 5.26 Å². The Bertz CT molecular complexity index is 570. The lowest BCUT2D eigenvalue weighted by Crippen LogP contribution is -1.90. The summed E-state index contributed by atoms with van der Waals surface area (Å²) >= 11 is 0. The topological polar surface area (TPSA) is 66.1 Å². The molecule has 1 aromatic heterocycles. The van der Waals surface area contributed by atoms with E-state index in [9.17, 15) is 4.91 Å². The first kappa shape index (κ1) is 11.0. The fraction of sp³-hybridized carbons (Fsp3) is 0.0769. The molecule has 0 bridgehead atoms. The summed E-state index contributed by atoms with van der Waals surface area (Å²) in [6.07, 6.45) is 2.32. The second-order valence-corrected chi connectivity index (χ2v) is 3.60. The fourth-order valence-corrected chi connectivity index (χ4v) is 1.56. The first-order valence-corrected chi connectivity index (χ1v) is 5.09. The van der Waals surface area contributed by atoms with E-state index in [1.54, 1.807) is 24.4 Å². The van der Waals surface area contributed by atoms with Gasteiger partial charge in [-0.3, -0.25) is 0 Å². The van der Waals surface area contributed by atoms with E-state index in [-0.39, 0.29) is 0 Å². The quantitative estimate of drug-likeness (QED) is 0.751. The summed E-state index contributed by atoms with van der Waals surface area (Å²) < 4.78 is 0. The zero-order valence-corrected chi connectivity index (χ0v) is 9.00. The maximum Gasteiger partial charge on any atom is 0.140 e. The van der Waals surface area contributed by atoms with Crippen molar-refractivity contribution < 1.29 is 0 Å². The molecule has 0 aliphatic rings. The van der Waals surface area contributed by atoms with Crippen LogP contribution in [0.1, 0.15) is 16.8 Å². The molecule has 0 aliphatic carbocycles. The summed E-state index contributed by atoms with van der Waals surface area (Å²) in [4.78, 5) is 14.2. The predicted molar refractivity (Wildman–Crippen MR) is 63.7 cm³/mol. The largest absolute Gasteiger partial charge is 0.246 e. The number of aromatic nitrogens is 1. The van der Waals surface area contributed by atoms with Crippen molar-refractivity contribution in [2.45, 2.75) is 6.42 Å². The molecule has 1 aromatic carbocycles. The molecular formula is C13H9N3O. The Morgan fingerprint density at radius 2 is 1.94 bits per heavy atom. The molecule has 1 heterocycles. The molecule has 0 saturated heterocycles. The van der Waals surface area contributed by atoms with Gasteiger partial charge in [0.15, 0.2) is 0 Å². The molecular weight excluding hydrogens is 214 g/mol. The zero-order chi connectivity index (χ0) is 12.1. The summed E-state index contributed by atoms with van der Waals surface area (Å²) in [7, 11) is 0. The van der Waals surface area contributed by atoms with Gasteiger partial charge in [-0.15, -0.1) is 4.91 Å². The molecule has 2 aromatic rings. The first-order valence-electron chi connectivity index (χ1n) is 5.09. The molecule has 0 N–H and O–H groups in total. The summed E-state index contributed by atoms with van der Waals surface area (Å²) in [5.74, 6) is 0. The van der Waals surface area contributed by atoms with Gasteiger partial charge in [0.25, 0.3) is 0 Å². The van der Waals surface area contributed by atoms with Crippen LogP contribution in [0.5, 0.6) is 0 Å². The summed E-state index contributed by atoms with van der Waals surface area (Å²) in [5.41, 5.74) is 2.91. The standard InChI is InChI=1S/C13H9N3O/c14-9-13-8-11(5-6-15-13)7-10-1-3-12(16-17)4-2-10/h1-6,8H,7H2. The van der Waals surface area contributed by atoms with Gasteiger partial charge in [-0.05, 0) is 47.0 Å². The molecule has 0 spiro atoms. The van der Waals surface area contributed by atoms with Crippen molar-refractivity contribution in [1.29, 1.82) is 5.26 Å². The SMILES string of the molecule is N#Cc1cc(Cc2ccc(N=O)cc2)ccn1. The molecule has 0 saturated carbocycles. The lowest BCUT2D eigenvalue weighted by atomic mass is 10.1. The molecule has 4 heteroatoms. The van der Waals surface area contributed by atoms with Crippen LogP contribution in [-0.4, -0.2) is 4.98 Å². The Hall–Kier alpha value is -2.54. The Kier molecular flexibility index (Phi) is 3.22. The summed E-state index contributed by atoms with van der Waals surface area (Å²) in [6, 6.07) is 12.7. The minimum absolute atomic E-state index is 0.411. The van der Waals surface area contributed by atoms with Gasteiger partial charge in [-0.1, -0.05) is 12.1 Å². The number of nitroso groups, excluding NO2 is 1. The maximum absolute atomic E-state index is 10.3. The van der Waals surface area contributed by atoms with E-state index >= 15 is 0 Å². The zero-order valence-electron chi connectivity index (χ0n) is 9.00. The Balaban J connectivity index is 2.19. The van der Waals surface area contributed by atoms with Gasteiger partial charge in [0.1, 0.15) is 17.5 Å². The highest BCUT2D eigenvalue weighted by Crippen LogP contribution is 2.15. The van der Waals surface area contributed by atoms with E-state index in [2.05, 4.69) is 10.2 Å². The minimum atomic E-state index is 0.411. The molecule has 0 fully saturated rings. The molecule has 4 nitrogen and oxygen atoms in total. The molecule has 82 valence electrons. The molecule has 0 aliphatic heterocycles. The van der Waals surface area contributed by atoms with Crippen molar-refractivity contribution >= 4 is 5.69 Å². The minimum Gasteiger partial charge on any atom is -0.246 e. The van der Waals surface area contributed by atoms with Crippen LogP contribution in [0, 0.1) is 16.2 Å². The van der Waals surface area contributed by atoms with Crippen LogP contribution < -0.4 is 0 Å². The lowest BCUT2D eigenvalue weighted by Gasteiger charge is -2.01. The van der Waals surface area contributed by atoms with E-state index in [0.29, 0.717) is 17.8 Å². The molecule has 0 unspecified atom stereocenters. The van der Waals surface area contributed by atoms with Crippen molar-refractivity contribution in [3.8, 4) is 6.07 Å². The smallest absolute Gasteiger partial charge is 0.140 e. The second kappa shape index (κ2) is 4.99. The Morgan fingerprint density at radius 3 is 2.59 bits per heavy atom. The normalized spacial score (nSPS) is 9.59. The predicted octanol–water partition coefficient (Wildman–Crippen LogP) is 2.94. The summed E-state index contributed by atoms with van der Waals surface area (Å²) in [5, 5.41) is 11.6. The number of hydrogen-bond donors (Lipinski definition) is 0. The van der Waals surface area contributed by atoms with Crippen molar-refractivity contribution in [2.75, 3.05) is 0 Å². The van der Waals surface area contributed by atoms with Crippen molar-refractivity contribution in [1.82, 2.24) is 4.98 Å². The average Bonchev–Trinajstić information content (AvgIpc) is 2.40. The maximum atomic E-state index is 10.3. The van der Waals surface area contributed by atoms with Gasteiger partial charge >= 0.3 is 0 Å². The monoisotopic (exact) mass is 223 g/mol. The Labute approximate surface area is 98.5 Å². The number of nitrogens with zero attached hydrogens (tertiary/aromatic N) is 3. The van der Waals surface area contributed by atoms with Gasteiger partial charge in [0.2, 0.25) is 0 Å².